The Balaban J connectivity index is 0.000000250. The maximum atomic E-state index is 3.67. The van der Waals surface area contributed by atoms with Crippen LogP contribution in [0.2, 0.25) is 0 Å². The number of aromatic nitrogens is 2. The fourth-order valence-corrected chi connectivity index (χ4v) is 0.215. The SMILES string of the molecule is [P].c1c[nH]cn1. The maximum absolute atomic E-state index is 3.67. The molecule has 0 unspecified atom stereocenters. The van der Waals surface area contributed by atoms with Gasteiger partial charge < -0.3 is 4.98 Å². The molecule has 0 aliphatic rings. The maximum Gasteiger partial charge on any atom is 0.0919 e. The number of hydrogen-bond acceptors (Lipinski definition) is 1. The van der Waals surface area contributed by atoms with Crippen molar-refractivity contribution in [3.63, 3.8) is 0 Å². The number of imidazole rings is 1. The molecular weight excluding hydrogens is 95.0 g/mol. The van der Waals surface area contributed by atoms with E-state index in [0.29, 0.717) is 0 Å². The van der Waals surface area contributed by atoms with Gasteiger partial charge in [-0.25, -0.2) is 4.98 Å². The topological polar surface area (TPSA) is 28.7 Å². The molecular formula is C3H4N2P. The van der Waals surface area contributed by atoms with E-state index in [9.17, 15) is 0 Å². The molecule has 0 aliphatic heterocycles. The fraction of sp³-hybridized carbons (Fsp3) is 0. The summed E-state index contributed by atoms with van der Waals surface area (Å²) >= 11 is 0. The van der Waals surface area contributed by atoms with E-state index in [0.717, 1.165) is 0 Å². The lowest BCUT2D eigenvalue weighted by Gasteiger charge is -1.46. The first-order valence-electron chi connectivity index (χ1n) is 1.43. The van der Waals surface area contributed by atoms with Gasteiger partial charge in [0.2, 0.25) is 0 Å². The first kappa shape index (κ1) is 5.64. The number of hydrogen-bond donors (Lipinski definition) is 1. The van der Waals surface area contributed by atoms with Crippen molar-refractivity contribution in [3.8, 4) is 0 Å². The smallest absolute Gasteiger partial charge is 0.0919 e. The van der Waals surface area contributed by atoms with Gasteiger partial charge in [0.05, 0.1) is 6.33 Å². The van der Waals surface area contributed by atoms with Gasteiger partial charge in [-0.05, 0) is 0 Å². The molecule has 0 aliphatic carbocycles. The number of nitrogens with zero attached hydrogens (tertiary/aromatic N) is 1. The van der Waals surface area contributed by atoms with Gasteiger partial charge in [-0.2, -0.15) is 0 Å². The molecule has 1 aromatic rings. The second kappa shape index (κ2) is 2.86. The van der Waals surface area contributed by atoms with Crippen LogP contribution in [0.5, 0.6) is 0 Å². The van der Waals surface area contributed by atoms with E-state index in [1.807, 2.05) is 0 Å². The highest BCUT2D eigenvalue weighted by Crippen LogP contribution is 1.62. The minimum absolute atomic E-state index is 0. The van der Waals surface area contributed by atoms with Gasteiger partial charge in [0.15, 0.2) is 0 Å². The molecule has 0 aromatic carbocycles. The predicted octanol–water partition coefficient (Wildman–Crippen LogP) is 1.27. The second-order valence-electron chi connectivity index (χ2n) is 0.761. The fourth-order valence-electron chi connectivity index (χ4n) is 0.215. The number of rotatable bonds is 0. The van der Waals surface area contributed by atoms with Crippen LogP contribution < -0.4 is 0 Å². The van der Waals surface area contributed by atoms with Crippen LogP contribution in [0.4, 0.5) is 0 Å². The van der Waals surface area contributed by atoms with Gasteiger partial charge >= 0.3 is 0 Å². The van der Waals surface area contributed by atoms with E-state index in [-0.39, 0.29) is 9.90 Å². The number of aromatic amines is 1. The Bertz CT molecular complexity index is 65.3. The summed E-state index contributed by atoms with van der Waals surface area (Å²) in [5.41, 5.74) is 0. The average molecular weight is 99.1 g/mol. The summed E-state index contributed by atoms with van der Waals surface area (Å²) in [4.78, 5) is 6.42. The molecule has 0 saturated carbocycles. The molecule has 1 aromatic heterocycles. The molecule has 0 atom stereocenters. The molecule has 3 radical (unpaired) electrons. The summed E-state index contributed by atoms with van der Waals surface area (Å²) in [6.45, 7) is 0. The highest BCUT2D eigenvalue weighted by Gasteiger charge is 1.56. The first-order valence-corrected chi connectivity index (χ1v) is 1.43. The third-order valence-corrected chi connectivity index (χ3v) is 0.406. The molecule has 0 amide bonds. The van der Waals surface area contributed by atoms with Gasteiger partial charge in [-0.3, -0.25) is 0 Å². The molecule has 6 heavy (non-hydrogen) atoms. The van der Waals surface area contributed by atoms with Gasteiger partial charge in [0.25, 0.3) is 0 Å². The second-order valence-corrected chi connectivity index (χ2v) is 0.761. The molecule has 0 bridgehead atoms. The summed E-state index contributed by atoms with van der Waals surface area (Å²) < 4.78 is 0. The van der Waals surface area contributed by atoms with Crippen LogP contribution >= 0.6 is 9.90 Å². The van der Waals surface area contributed by atoms with Crippen LogP contribution in [-0.4, -0.2) is 9.97 Å². The van der Waals surface area contributed by atoms with Crippen molar-refractivity contribution < 1.29 is 0 Å². The Morgan fingerprint density at radius 2 is 2.33 bits per heavy atom. The molecule has 3 heteroatoms. The largest absolute Gasteiger partial charge is 0.351 e. The lowest BCUT2D eigenvalue weighted by molar-refractivity contribution is 1.31. The Morgan fingerprint density at radius 3 is 2.50 bits per heavy atom. The Labute approximate surface area is 39.6 Å². The standard InChI is InChI=1S/C3H4N2.P/c1-2-5-3-4-1;/h1-3H,(H,4,5);. The van der Waals surface area contributed by atoms with Crippen molar-refractivity contribution in [2.24, 2.45) is 0 Å². The normalized spacial score (nSPS) is 6.67. The third kappa shape index (κ3) is 1.18. The molecule has 0 spiro atoms. The lowest BCUT2D eigenvalue weighted by atomic mass is 11.0. The monoisotopic (exact) mass is 99.0 g/mol. The van der Waals surface area contributed by atoms with E-state index in [2.05, 4.69) is 9.97 Å². The zero-order chi connectivity index (χ0) is 3.54. The van der Waals surface area contributed by atoms with Gasteiger partial charge in [0.1, 0.15) is 0 Å². The van der Waals surface area contributed by atoms with Crippen molar-refractivity contribution in [2.75, 3.05) is 0 Å². The zero-order valence-corrected chi connectivity index (χ0v) is 4.02. The third-order valence-electron chi connectivity index (χ3n) is 0.406. The van der Waals surface area contributed by atoms with Crippen LogP contribution in [-0.2, 0) is 0 Å². The Kier molecular flexibility index (Phi) is 2.68. The summed E-state index contributed by atoms with van der Waals surface area (Å²) in [7, 11) is 0. The summed E-state index contributed by atoms with van der Waals surface area (Å²) in [6.07, 6.45) is 5.08. The average Bonchev–Trinajstić information content (AvgIpc) is 1.76. The van der Waals surface area contributed by atoms with E-state index >= 15 is 0 Å². The van der Waals surface area contributed by atoms with E-state index in [1.54, 1.807) is 18.7 Å². The number of nitrogens with one attached hydrogen (secondary N) is 1. The molecule has 31 valence electrons. The highest BCUT2D eigenvalue weighted by molar-refractivity contribution is 6.92. The predicted molar refractivity (Wildman–Crippen MR) is 25.5 cm³/mol. The van der Waals surface area contributed by atoms with Crippen LogP contribution in [0, 0.1) is 0 Å². The summed E-state index contributed by atoms with van der Waals surface area (Å²) in [5.74, 6) is 0. The van der Waals surface area contributed by atoms with Crippen LogP contribution in [0.3, 0.4) is 0 Å². The van der Waals surface area contributed by atoms with Crippen LogP contribution in [0.15, 0.2) is 18.7 Å². The van der Waals surface area contributed by atoms with Gasteiger partial charge in [-0.1, -0.05) is 0 Å². The van der Waals surface area contributed by atoms with Crippen LogP contribution in [0.25, 0.3) is 0 Å². The Hall–Kier alpha value is -0.360. The van der Waals surface area contributed by atoms with E-state index < -0.39 is 0 Å². The van der Waals surface area contributed by atoms with E-state index in [1.165, 1.54) is 0 Å². The minimum atomic E-state index is 0. The minimum Gasteiger partial charge on any atom is -0.351 e. The van der Waals surface area contributed by atoms with Crippen molar-refractivity contribution in [3.05, 3.63) is 18.7 Å². The number of H-pyrrole nitrogens is 1. The summed E-state index contributed by atoms with van der Waals surface area (Å²) in [6, 6.07) is 0. The molecule has 1 rings (SSSR count). The van der Waals surface area contributed by atoms with Crippen molar-refractivity contribution in [2.45, 2.75) is 0 Å². The summed E-state index contributed by atoms with van der Waals surface area (Å²) in [5, 5.41) is 0. The zero-order valence-electron chi connectivity index (χ0n) is 3.13. The Morgan fingerprint density at radius 1 is 1.50 bits per heavy atom. The molecule has 1 heterocycles. The van der Waals surface area contributed by atoms with Gasteiger partial charge in [0, 0.05) is 22.3 Å². The molecule has 0 saturated heterocycles. The van der Waals surface area contributed by atoms with Crippen molar-refractivity contribution >= 4 is 9.90 Å². The molecule has 0 fully saturated rings. The van der Waals surface area contributed by atoms with E-state index in [4.69, 9.17) is 0 Å². The first-order chi connectivity index (χ1) is 2.50. The molecule has 1 N–H and O–H groups in total. The highest BCUT2D eigenvalue weighted by atomic mass is 31.0. The van der Waals surface area contributed by atoms with Gasteiger partial charge in [-0.15, -0.1) is 0 Å². The van der Waals surface area contributed by atoms with Crippen molar-refractivity contribution in [1.29, 1.82) is 0 Å². The van der Waals surface area contributed by atoms with Crippen LogP contribution in [0.1, 0.15) is 0 Å². The quantitative estimate of drug-likeness (QED) is 0.487. The van der Waals surface area contributed by atoms with Crippen molar-refractivity contribution in [1.82, 2.24) is 9.97 Å². The molecule has 2 nitrogen and oxygen atoms in total. The lowest BCUT2D eigenvalue weighted by Crippen LogP contribution is -1.44.